The van der Waals surface area contributed by atoms with Crippen LogP contribution in [-0.2, 0) is 4.79 Å². The molecule has 110 valence electrons. The van der Waals surface area contributed by atoms with Gasteiger partial charge in [0.25, 0.3) is 0 Å². The van der Waals surface area contributed by atoms with Crippen molar-refractivity contribution in [1.29, 1.82) is 0 Å². The van der Waals surface area contributed by atoms with E-state index < -0.39 is 12.0 Å². The van der Waals surface area contributed by atoms with Crippen molar-refractivity contribution in [2.45, 2.75) is 65.5 Å². The maximum Gasteiger partial charge on any atom is 0.326 e. The number of aliphatic carboxylic acids is 1. The third-order valence-corrected chi connectivity index (χ3v) is 3.89. The van der Waals surface area contributed by atoms with Crippen LogP contribution >= 0.6 is 0 Å². The van der Waals surface area contributed by atoms with Crippen molar-refractivity contribution >= 4 is 12.0 Å². The van der Waals surface area contributed by atoms with E-state index >= 15 is 0 Å². The fourth-order valence-corrected chi connectivity index (χ4v) is 2.43. The number of rotatable bonds is 4. The molecule has 1 saturated carbocycles. The highest BCUT2D eigenvalue weighted by Crippen LogP contribution is 2.34. The van der Waals surface area contributed by atoms with E-state index in [0.29, 0.717) is 5.41 Å². The van der Waals surface area contributed by atoms with Gasteiger partial charge in [-0.25, -0.2) is 9.59 Å². The third kappa shape index (κ3) is 5.09. The summed E-state index contributed by atoms with van der Waals surface area (Å²) in [5.41, 5.74) is 0.357. The van der Waals surface area contributed by atoms with Crippen molar-refractivity contribution in [2.75, 3.05) is 0 Å². The van der Waals surface area contributed by atoms with E-state index in [-0.39, 0.29) is 18.0 Å². The van der Waals surface area contributed by atoms with Crippen molar-refractivity contribution < 1.29 is 14.7 Å². The van der Waals surface area contributed by atoms with Crippen molar-refractivity contribution in [3.05, 3.63) is 0 Å². The van der Waals surface area contributed by atoms with Crippen LogP contribution in [0.1, 0.15) is 53.4 Å². The van der Waals surface area contributed by atoms with Crippen LogP contribution in [0.5, 0.6) is 0 Å². The van der Waals surface area contributed by atoms with Crippen LogP contribution in [0, 0.1) is 11.3 Å². The number of carbonyl (C=O) groups excluding carboxylic acids is 1. The van der Waals surface area contributed by atoms with Gasteiger partial charge in [0.1, 0.15) is 6.04 Å². The van der Waals surface area contributed by atoms with E-state index in [4.69, 9.17) is 5.11 Å². The van der Waals surface area contributed by atoms with E-state index in [9.17, 15) is 9.59 Å². The van der Waals surface area contributed by atoms with Crippen LogP contribution in [-0.4, -0.2) is 29.2 Å². The first-order chi connectivity index (χ1) is 8.71. The molecule has 5 nitrogen and oxygen atoms in total. The minimum atomic E-state index is -0.991. The average Bonchev–Trinajstić information content (AvgIpc) is 2.28. The van der Waals surface area contributed by atoms with Crippen LogP contribution in [0.15, 0.2) is 0 Å². The Kier molecular flexibility index (Phi) is 5.20. The van der Waals surface area contributed by atoms with Gasteiger partial charge in [0, 0.05) is 6.04 Å². The standard InChI is InChI=1S/C14H26N2O3/c1-9(2)11(12(17)18)16-13(19)15-10-5-7-14(3,4)8-6-10/h9-11H,5-8H2,1-4H3,(H,17,18)(H2,15,16,19)/t11-/m0/s1. The third-order valence-electron chi connectivity index (χ3n) is 3.89. The lowest BCUT2D eigenvalue weighted by atomic mass is 9.76. The van der Waals surface area contributed by atoms with E-state index in [0.717, 1.165) is 25.7 Å². The average molecular weight is 270 g/mol. The minimum absolute atomic E-state index is 0.131. The summed E-state index contributed by atoms with van der Waals surface area (Å²) < 4.78 is 0. The zero-order valence-corrected chi connectivity index (χ0v) is 12.3. The molecule has 0 heterocycles. The summed E-state index contributed by atoms with van der Waals surface area (Å²) in [7, 11) is 0. The van der Waals surface area contributed by atoms with Crippen molar-refractivity contribution in [2.24, 2.45) is 11.3 Å². The number of hydrogen-bond donors (Lipinski definition) is 3. The second kappa shape index (κ2) is 6.26. The lowest BCUT2D eigenvalue weighted by Gasteiger charge is -2.34. The molecule has 1 fully saturated rings. The Bertz CT molecular complexity index is 330. The molecule has 0 aromatic rings. The normalized spacial score (nSPS) is 20.9. The van der Waals surface area contributed by atoms with Gasteiger partial charge in [0.05, 0.1) is 0 Å². The molecule has 19 heavy (non-hydrogen) atoms. The number of nitrogens with one attached hydrogen (secondary N) is 2. The first-order valence-electron chi connectivity index (χ1n) is 7.01. The van der Waals surface area contributed by atoms with Crippen molar-refractivity contribution in [3.63, 3.8) is 0 Å². The minimum Gasteiger partial charge on any atom is -0.480 e. The molecular formula is C14H26N2O3. The maximum absolute atomic E-state index is 11.8. The summed E-state index contributed by atoms with van der Waals surface area (Å²) >= 11 is 0. The number of carbonyl (C=O) groups is 2. The quantitative estimate of drug-likeness (QED) is 0.733. The van der Waals surface area contributed by atoms with Crippen LogP contribution < -0.4 is 10.6 Å². The largest absolute Gasteiger partial charge is 0.480 e. The number of amides is 2. The van der Waals surface area contributed by atoms with E-state index in [1.807, 2.05) is 0 Å². The van der Waals surface area contributed by atoms with E-state index in [1.165, 1.54) is 0 Å². The first-order valence-corrected chi connectivity index (χ1v) is 7.01. The first kappa shape index (κ1) is 15.8. The Morgan fingerprint density at radius 1 is 1.21 bits per heavy atom. The molecule has 0 radical (unpaired) electrons. The van der Waals surface area contributed by atoms with Gasteiger partial charge in [0.2, 0.25) is 0 Å². The maximum atomic E-state index is 11.8. The SMILES string of the molecule is CC(C)[C@H](NC(=O)NC1CCC(C)(C)CC1)C(=O)O. The molecule has 0 aromatic carbocycles. The number of carboxylic acids is 1. The molecule has 1 rings (SSSR count). The Morgan fingerprint density at radius 2 is 1.74 bits per heavy atom. The monoisotopic (exact) mass is 270 g/mol. The van der Waals surface area contributed by atoms with E-state index in [2.05, 4.69) is 24.5 Å². The van der Waals surface area contributed by atoms with Gasteiger partial charge < -0.3 is 15.7 Å². The highest BCUT2D eigenvalue weighted by Gasteiger charge is 2.29. The zero-order chi connectivity index (χ0) is 14.6. The molecule has 1 atom stereocenters. The van der Waals surface area contributed by atoms with Crippen LogP contribution in [0.25, 0.3) is 0 Å². The van der Waals surface area contributed by atoms with Crippen molar-refractivity contribution in [3.8, 4) is 0 Å². The molecule has 3 N–H and O–H groups in total. The topological polar surface area (TPSA) is 78.4 Å². The van der Waals surface area contributed by atoms with Gasteiger partial charge in [-0.05, 0) is 37.0 Å². The molecule has 0 aromatic heterocycles. The van der Waals surface area contributed by atoms with Gasteiger partial charge in [-0.15, -0.1) is 0 Å². The molecule has 0 bridgehead atoms. The molecule has 2 amide bonds. The smallest absolute Gasteiger partial charge is 0.326 e. The molecule has 0 spiro atoms. The van der Waals surface area contributed by atoms with Gasteiger partial charge in [-0.1, -0.05) is 27.7 Å². The second-order valence-corrected chi connectivity index (χ2v) is 6.62. The summed E-state index contributed by atoms with van der Waals surface area (Å²) in [6, 6.07) is -1.04. The van der Waals surface area contributed by atoms with Crippen LogP contribution in [0.3, 0.4) is 0 Å². The number of carboxylic acid groups (broad SMARTS) is 1. The summed E-state index contributed by atoms with van der Waals surface area (Å²) in [5.74, 6) is -1.12. The Balaban J connectivity index is 2.41. The van der Waals surface area contributed by atoms with Gasteiger partial charge in [-0.2, -0.15) is 0 Å². The highest BCUT2D eigenvalue weighted by molar-refractivity contribution is 5.82. The zero-order valence-electron chi connectivity index (χ0n) is 12.3. The lowest BCUT2D eigenvalue weighted by molar-refractivity contribution is -0.140. The molecule has 1 aliphatic rings. The fourth-order valence-electron chi connectivity index (χ4n) is 2.43. The molecular weight excluding hydrogens is 244 g/mol. The Hall–Kier alpha value is -1.26. The molecule has 0 unspecified atom stereocenters. The number of hydrogen-bond acceptors (Lipinski definition) is 2. The Labute approximate surface area is 115 Å². The highest BCUT2D eigenvalue weighted by atomic mass is 16.4. The van der Waals surface area contributed by atoms with Crippen molar-refractivity contribution in [1.82, 2.24) is 10.6 Å². The molecule has 5 heteroatoms. The number of urea groups is 1. The van der Waals surface area contributed by atoms with Crippen LogP contribution in [0.4, 0.5) is 4.79 Å². The predicted molar refractivity (Wildman–Crippen MR) is 74.0 cm³/mol. The predicted octanol–water partition coefficient (Wildman–Crippen LogP) is 2.36. The fraction of sp³-hybridized carbons (Fsp3) is 0.857. The van der Waals surface area contributed by atoms with Gasteiger partial charge in [0.15, 0.2) is 0 Å². The summed E-state index contributed by atoms with van der Waals surface area (Å²) in [4.78, 5) is 22.8. The Morgan fingerprint density at radius 3 is 2.16 bits per heavy atom. The molecule has 0 aliphatic heterocycles. The summed E-state index contributed by atoms with van der Waals surface area (Å²) in [6.45, 7) is 8.04. The van der Waals surface area contributed by atoms with E-state index in [1.54, 1.807) is 13.8 Å². The molecule has 0 saturated heterocycles. The second-order valence-electron chi connectivity index (χ2n) is 6.62. The summed E-state index contributed by atoms with van der Waals surface area (Å²) in [5, 5.41) is 14.4. The molecule has 1 aliphatic carbocycles. The van der Waals surface area contributed by atoms with Gasteiger partial charge >= 0.3 is 12.0 Å². The lowest BCUT2D eigenvalue weighted by Crippen LogP contribution is -2.51. The summed E-state index contributed by atoms with van der Waals surface area (Å²) in [6.07, 6.45) is 4.09. The van der Waals surface area contributed by atoms with Crippen LogP contribution in [0.2, 0.25) is 0 Å². The van der Waals surface area contributed by atoms with Gasteiger partial charge in [-0.3, -0.25) is 0 Å².